The van der Waals surface area contributed by atoms with E-state index >= 15 is 0 Å². The van der Waals surface area contributed by atoms with Crippen molar-refractivity contribution < 1.29 is 9.53 Å². The van der Waals surface area contributed by atoms with E-state index in [0.29, 0.717) is 19.1 Å². The Bertz CT molecular complexity index is 476. The van der Waals surface area contributed by atoms with E-state index in [1.54, 1.807) is 0 Å². The van der Waals surface area contributed by atoms with Crippen molar-refractivity contribution in [3.63, 3.8) is 0 Å². The molecule has 1 fully saturated rings. The van der Waals surface area contributed by atoms with Gasteiger partial charge in [0.2, 0.25) is 0 Å². The SMILES string of the molecule is CC(C)CCOc1ccc(C(=O)N2CCCCC2CN)cc1.Cl. The second-order valence-corrected chi connectivity index (χ2v) is 6.44. The molecule has 1 amide bonds. The van der Waals surface area contributed by atoms with Gasteiger partial charge in [-0.1, -0.05) is 13.8 Å². The molecule has 1 heterocycles. The standard InChI is InChI=1S/C18H28N2O2.ClH/c1-14(2)10-12-22-17-8-6-15(7-9-17)18(21)20-11-4-3-5-16(20)13-19;/h6-9,14,16H,3-5,10-13,19H2,1-2H3;1H. The summed E-state index contributed by atoms with van der Waals surface area (Å²) in [6.07, 6.45) is 4.28. The summed E-state index contributed by atoms with van der Waals surface area (Å²) in [4.78, 5) is 14.5. The van der Waals surface area contributed by atoms with E-state index in [1.165, 1.54) is 0 Å². The van der Waals surface area contributed by atoms with Crippen molar-refractivity contribution >= 4 is 18.3 Å². The maximum Gasteiger partial charge on any atom is 0.254 e. The fraction of sp³-hybridized carbons (Fsp3) is 0.611. The molecule has 0 bridgehead atoms. The number of benzene rings is 1. The van der Waals surface area contributed by atoms with Gasteiger partial charge >= 0.3 is 0 Å². The molecule has 0 aliphatic carbocycles. The van der Waals surface area contributed by atoms with E-state index in [-0.39, 0.29) is 24.4 Å². The molecule has 0 aromatic heterocycles. The number of piperidine rings is 1. The smallest absolute Gasteiger partial charge is 0.254 e. The highest BCUT2D eigenvalue weighted by Crippen LogP contribution is 2.20. The van der Waals surface area contributed by atoms with E-state index < -0.39 is 0 Å². The van der Waals surface area contributed by atoms with Gasteiger partial charge < -0.3 is 15.4 Å². The topological polar surface area (TPSA) is 55.6 Å². The highest BCUT2D eigenvalue weighted by molar-refractivity contribution is 5.94. The summed E-state index contributed by atoms with van der Waals surface area (Å²) in [5.41, 5.74) is 6.52. The zero-order valence-electron chi connectivity index (χ0n) is 14.2. The van der Waals surface area contributed by atoms with E-state index in [4.69, 9.17) is 10.5 Å². The fourth-order valence-corrected chi connectivity index (χ4v) is 2.79. The molecule has 1 unspecified atom stereocenters. The number of ether oxygens (including phenoxy) is 1. The van der Waals surface area contributed by atoms with Crippen LogP contribution in [0.2, 0.25) is 0 Å². The molecule has 0 spiro atoms. The van der Waals surface area contributed by atoms with Gasteiger partial charge in [0.1, 0.15) is 5.75 Å². The zero-order valence-corrected chi connectivity index (χ0v) is 15.0. The van der Waals surface area contributed by atoms with Crippen LogP contribution in [-0.4, -0.2) is 36.5 Å². The summed E-state index contributed by atoms with van der Waals surface area (Å²) >= 11 is 0. The molecular formula is C18H29ClN2O2. The third-order valence-corrected chi connectivity index (χ3v) is 4.23. The van der Waals surface area contributed by atoms with E-state index in [9.17, 15) is 4.79 Å². The number of nitrogens with zero attached hydrogens (tertiary/aromatic N) is 1. The van der Waals surface area contributed by atoms with Crippen molar-refractivity contribution in [2.75, 3.05) is 19.7 Å². The molecular weight excluding hydrogens is 312 g/mol. The average molecular weight is 341 g/mol. The monoisotopic (exact) mass is 340 g/mol. The van der Waals surface area contributed by atoms with E-state index in [1.807, 2.05) is 29.2 Å². The van der Waals surface area contributed by atoms with Gasteiger partial charge in [0.25, 0.3) is 5.91 Å². The number of carbonyl (C=O) groups is 1. The summed E-state index contributed by atoms with van der Waals surface area (Å²) in [5, 5.41) is 0. The lowest BCUT2D eigenvalue weighted by molar-refractivity contribution is 0.0623. The normalized spacial score (nSPS) is 17.7. The van der Waals surface area contributed by atoms with E-state index in [2.05, 4.69) is 13.8 Å². The van der Waals surface area contributed by atoms with Crippen LogP contribution in [0.15, 0.2) is 24.3 Å². The summed E-state index contributed by atoms with van der Waals surface area (Å²) in [5.74, 6) is 1.54. The lowest BCUT2D eigenvalue weighted by Gasteiger charge is -2.35. The minimum absolute atomic E-state index is 0. The molecule has 2 rings (SSSR count). The Balaban J connectivity index is 0.00000264. The number of hydrogen-bond donors (Lipinski definition) is 1. The number of rotatable bonds is 6. The molecule has 23 heavy (non-hydrogen) atoms. The van der Waals surface area contributed by atoms with Crippen LogP contribution in [0.3, 0.4) is 0 Å². The van der Waals surface area contributed by atoms with Gasteiger partial charge in [0, 0.05) is 24.7 Å². The van der Waals surface area contributed by atoms with Crippen molar-refractivity contribution in [2.24, 2.45) is 11.7 Å². The van der Waals surface area contributed by atoms with Crippen molar-refractivity contribution in [3.8, 4) is 5.75 Å². The molecule has 130 valence electrons. The predicted molar refractivity (Wildman–Crippen MR) is 96.4 cm³/mol. The molecule has 0 radical (unpaired) electrons. The average Bonchev–Trinajstić information content (AvgIpc) is 2.54. The van der Waals surface area contributed by atoms with Gasteiger partial charge in [-0.25, -0.2) is 0 Å². The first kappa shape index (κ1) is 19.8. The maximum absolute atomic E-state index is 12.6. The van der Waals surface area contributed by atoms with Crippen molar-refractivity contribution in [1.29, 1.82) is 0 Å². The van der Waals surface area contributed by atoms with Crippen LogP contribution in [0, 0.1) is 5.92 Å². The molecule has 0 saturated carbocycles. The Labute approximate surface area is 145 Å². The molecule has 1 aliphatic rings. The zero-order chi connectivity index (χ0) is 15.9. The minimum atomic E-state index is 0. The van der Waals surface area contributed by atoms with Gasteiger partial charge in [-0.2, -0.15) is 0 Å². The number of carbonyl (C=O) groups excluding carboxylic acids is 1. The van der Waals surface area contributed by atoms with Gasteiger partial charge in [0.05, 0.1) is 6.61 Å². The molecule has 5 heteroatoms. The van der Waals surface area contributed by atoms with Crippen molar-refractivity contribution in [2.45, 2.75) is 45.6 Å². The van der Waals surface area contributed by atoms with Crippen LogP contribution in [0.1, 0.15) is 49.9 Å². The Morgan fingerprint density at radius 3 is 2.61 bits per heavy atom. The largest absolute Gasteiger partial charge is 0.494 e. The summed E-state index contributed by atoms with van der Waals surface area (Å²) in [6, 6.07) is 7.66. The number of amides is 1. The Kier molecular flexibility index (Phi) is 8.42. The van der Waals surface area contributed by atoms with Crippen LogP contribution in [0.4, 0.5) is 0 Å². The fourth-order valence-electron chi connectivity index (χ4n) is 2.79. The Morgan fingerprint density at radius 2 is 2.00 bits per heavy atom. The molecule has 1 aliphatic heterocycles. The highest BCUT2D eigenvalue weighted by atomic mass is 35.5. The van der Waals surface area contributed by atoms with Gasteiger partial charge in [-0.05, 0) is 55.9 Å². The van der Waals surface area contributed by atoms with Crippen LogP contribution in [0.25, 0.3) is 0 Å². The van der Waals surface area contributed by atoms with Gasteiger partial charge in [-0.3, -0.25) is 4.79 Å². The predicted octanol–water partition coefficient (Wildman–Crippen LogP) is 3.49. The van der Waals surface area contributed by atoms with Gasteiger partial charge in [-0.15, -0.1) is 12.4 Å². The van der Waals surface area contributed by atoms with E-state index in [0.717, 1.165) is 43.5 Å². The first-order chi connectivity index (χ1) is 10.6. The number of hydrogen-bond acceptors (Lipinski definition) is 3. The molecule has 1 atom stereocenters. The maximum atomic E-state index is 12.6. The van der Waals surface area contributed by atoms with Crippen LogP contribution in [-0.2, 0) is 0 Å². The highest BCUT2D eigenvalue weighted by Gasteiger charge is 2.26. The lowest BCUT2D eigenvalue weighted by Crippen LogP contribution is -2.47. The molecule has 2 N–H and O–H groups in total. The molecule has 1 saturated heterocycles. The number of likely N-dealkylation sites (tertiary alicyclic amines) is 1. The third-order valence-electron chi connectivity index (χ3n) is 4.23. The minimum Gasteiger partial charge on any atom is -0.494 e. The second-order valence-electron chi connectivity index (χ2n) is 6.44. The van der Waals surface area contributed by atoms with Crippen LogP contribution in [0.5, 0.6) is 5.75 Å². The van der Waals surface area contributed by atoms with Crippen molar-refractivity contribution in [3.05, 3.63) is 29.8 Å². The first-order valence-electron chi connectivity index (χ1n) is 8.35. The summed E-state index contributed by atoms with van der Waals surface area (Å²) in [6.45, 7) is 6.43. The third kappa shape index (κ3) is 5.70. The first-order valence-corrected chi connectivity index (χ1v) is 8.35. The molecule has 1 aromatic rings. The van der Waals surface area contributed by atoms with Crippen LogP contribution < -0.4 is 10.5 Å². The number of halogens is 1. The van der Waals surface area contributed by atoms with Crippen molar-refractivity contribution in [1.82, 2.24) is 4.90 Å². The van der Waals surface area contributed by atoms with Crippen LogP contribution >= 0.6 is 12.4 Å². The quantitative estimate of drug-likeness (QED) is 0.862. The molecule has 1 aromatic carbocycles. The second kappa shape index (κ2) is 9.78. The summed E-state index contributed by atoms with van der Waals surface area (Å²) in [7, 11) is 0. The summed E-state index contributed by atoms with van der Waals surface area (Å²) < 4.78 is 5.69. The Hall–Kier alpha value is -1.26. The van der Waals surface area contributed by atoms with Gasteiger partial charge in [0.15, 0.2) is 0 Å². The molecule has 4 nitrogen and oxygen atoms in total. The lowest BCUT2D eigenvalue weighted by atomic mass is 10.0. The Morgan fingerprint density at radius 1 is 1.30 bits per heavy atom. The number of nitrogens with two attached hydrogens (primary N) is 1.